The molecule has 0 aliphatic carbocycles. The first-order valence-corrected chi connectivity index (χ1v) is 11.6. The molecular formula is C21H16IN3O7S. The van der Waals surface area contributed by atoms with Gasteiger partial charge in [0.1, 0.15) is 4.90 Å². The second-order valence-corrected chi connectivity index (χ2v) is 9.20. The molecule has 0 heterocycles. The lowest BCUT2D eigenvalue weighted by molar-refractivity contribution is -0.384. The molecular weight excluding hydrogens is 565 g/mol. The molecule has 10 nitrogen and oxygen atoms in total. The number of nitrogens with one attached hydrogen (secondary N) is 1. The Hall–Kier alpha value is -3.52. The van der Waals surface area contributed by atoms with Crippen LogP contribution in [0, 0.1) is 13.7 Å². The molecule has 0 aromatic heterocycles. The van der Waals surface area contributed by atoms with Crippen molar-refractivity contribution < 1.29 is 27.1 Å². The van der Waals surface area contributed by atoms with Gasteiger partial charge in [-0.15, -0.1) is 0 Å². The first kappa shape index (κ1) is 24.1. The maximum atomic E-state index is 12.5. The van der Waals surface area contributed by atoms with Crippen LogP contribution in [0.3, 0.4) is 0 Å². The third kappa shape index (κ3) is 6.26. The van der Waals surface area contributed by atoms with Gasteiger partial charge in [0.25, 0.3) is 11.6 Å². The molecule has 12 heteroatoms. The number of nitro groups is 1. The summed E-state index contributed by atoms with van der Waals surface area (Å²) in [5.41, 5.74) is 3.13. The van der Waals surface area contributed by atoms with Crippen molar-refractivity contribution in [2.24, 2.45) is 5.10 Å². The van der Waals surface area contributed by atoms with E-state index >= 15 is 0 Å². The second-order valence-electron chi connectivity index (χ2n) is 6.41. The summed E-state index contributed by atoms with van der Waals surface area (Å²) in [4.78, 5) is 22.0. The largest absolute Gasteiger partial charge is 0.493 e. The Kier molecular flexibility index (Phi) is 7.60. The van der Waals surface area contributed by atoms with Gasteiger partial charge >= 0.3 is 10.1 Å². The van der Waals surface area contributed by atoms with Crippen LogP contribution in [0.4, 0.5) is 5.69 Å². The molecule has 0 fully saturated rings. The molecule has 3 rings (SSSR count). The second kappa shape index (κ2) is 10.4. The fourth-order valence-electron chi connectivity index (χ4n) is 2.59. The van der Waals surface area contributed by atoms with E-state index in [4.69, 9.17) is 8.92 Å². The van der Waals surface area contributed by atoms with Gasteiger partial charge in [-0.1, -0.05) is 6.07 Å². The van der Waals surface area contributed by atoms with E-state index in [1.807, 2.05) is 6.07 Å². The molecule has 0 bridgehead atoms. The number of ether oxygens (including phenoxy) is 1. The number of carbonyl (C=O) groups is 1. The Morgan fingerprint density at radius 2 is 1.82 bits per heavy atom. The summed E-state index contributed by atoms with van der Waals surface area (Å²) in [5, 5.41) is 14.6. The lowest BCUT2D eigenvalue weighted by atomic mass is 10.2. The first-order chi connectivity index (χ1) is 15.7. The van der Waals surface area contributed by atoms with E-state index in [0.29, 0.717) is 11.1 Å². The summed E-state index contributed by atoms with van der Waals surface area (Å²) < 4.78 is 36.3. The van der Waals surface area contributed by atoms with E-state index in [-0.39, 0.29) is 28.0 Å². The molecule has 0 aliphatic heterocycles. The summed E-state index contributed by atoms with van der Waals surface area (Å²) in [6.07, 6.45) is 1.36. The lowest BCUT2D eigenvalue weighted by Gasteiger charge is -2.11. The molecule has 0 radical (unpaired) electrons. The number of halogens is 1. The van der Waals surface area contributed by atoms with Crippen LogP contribution in [-0.4, -0.2) is 32.6 Å². The number of hydrogen-bond donors (Lipinski definition) is 1. The van der Waals surface area contributed by atoms with Crippen molar-refractivity contribution in [1.82, 2.24) is 5.43 Å². The van der Waals surface area contributed by atoms with Gasteiger partial charge in [0.05, 0.1) is 18.2 Å². The van der Waals surface area contributed by atoms with Crippen molar-refractivity contribution in [2.75, 3.05) is 7.11 Å². The van der Waals surface area contributed by atoms with Gasteiger partial charge in [-0.3, -0.25) is 14.9 Å². The number of amides is 1. The number of methoxy groups -OCH3 is 1. The Balaban J connectivity index is 1.73. The van der Waals surface area contributed by atoms with E-state index in [0.717, 1.165) is 27.8 Å². The lowest BCUT2D eigenvalue weighted by Crippen LogP contribution is -2.17. The molecule has 0 saturated carbocycles. The minimum absolute atomic E-state index is 0.0871. The van der Waals surface area contributed by atoms with Gasteiger partial charge in [-0.25, -0.2) is 5.43 Å². The number of benzene rings is 3. The van der Waals surface area contributed by atoms with Crippen molar-refractivity contribution in [3.05, 3.63) is 91.5 Å². The number of non-ortho nitro benzene ring substituents is 1. The molecule has 1 N–H and O–H groups in total. The number of hydrogen-bond acceptors (Lipinski definition) is 8. The summed E-state index contributed by atoms with van der Waals surface area (Å²) >= 11 is 2.10. The molecule has 0 saturated heterocycles. The summed E-state index contributed by atoms with van der Waals surface area (Å²) in [6.45, 7) is 0. The SMILES string of the molecule is COc1cc(/C=N\NC(=O)c2cccc(I)c2)ccc1OS(=O)(=O)c1ccc([N+](=O)[O-])cc1. The smallest absolute Gasteiger partial charge is 0.339 e. The van der Waals surface area contributed by atoms with Gasteiger partial charge in [0.15, 0.2) is 11.5 Å². The maximum Gasteiger partial charge on any atom is 0.339 e. The Morgan fingerprint density at radius 3 is 2.45 bits per heavy atom. The van der Waals surface area contributed by atoms with Crippen molar-refractivity contribution in [2.45, 2.75) is 4.90 Å². The molecule has 1 amide bonds. The summed E-state index contributed by atoms with van der Waals surface area (Å²) in [5.74, 6) is -0.366. The third-order valence-electron chi connectivity index (χ3n) is 4.19. The van der Waals surface area contributed by atoms with Crippen molar-refractivity contribution in [3.8, 4) is 11.5 Å². The molecule has 3 aromatic rings. The van der Waals surface area contributed by atoms with E-state index in [1.54, 1.807) is 18.2 Å². The van der Waals surface area contributed by atoms with E-state index in [2.05, 4.69) is 33.1 Å². The van der Waals surface area contributed by atoms with Crippen LogP contribution >= 0.6 is 22.6 Å². The number of carbonyl (C=O) groups excluding carboxylic acids is 1. The first-order valence-electron chi connectivity index (χ1n) is 9.15. The van der Waals surface area contributed by atoms with E-state index in [1.165, 1.54) is 31.5 Å². The summed E-state index contributed by atoms with van der Waals surface area (Å²) in [7, 11) is -2.92. The van der Waals surface area contributed by atoms with Crippen LogP contribution in [0.2, 0.25) is 0 Å². The van der Waals surface area contributed by atoms with Gasteiger partial charge in [0, 0.05) is 21.3 Å². The quantitative estimate of drug-likeness (QED) is 0.141. The van der Waals surface area contributed by atoms with Crippen LogP contribution in [0.5, 0.6) is 11.5 Å². The van der Waals surface area contributed by atoms with Gasteiger partial charge in [0.2, 0.25) is 0 Å². The third-order valence-corrected chi connectivity index (χ3v) is 6.11. The standard InChI is InChI=1S/C21H16IN3O7S/c1-31-20-11-14(13-23-24-21(26)15-3-2-4-16(22)12-15)5-10-19(20)32-33(29,30)18-8-6-17(7-9-18)25(27)28/h2-13H,1H3,(H,24,26)/b23-13-. The van der Waals surface area contributed by atoms with Crippen molar-refractivity contribution in [3.63, 3.8) is 0 Å². The topological polar surface area (TPSA) is 137 Å². The average Bonchev–Trinajstić information content (AvgIpc) is 2.79. The van der Waals surface area contributed by atoms with Crippen molar-refractivity contribution >= 4 is 50.5 Å². The van der Waals surface area contributed by atoms with Gasteiger partial charge < -0.3 is 8.92 Å². The zero-order valence-corrected chi connectivity index (χ0v) is 19.9. The molecule has 0 unspecified atom stereocenters. The minimum atomic E-state index is -4.26. The molecule has 0 spiro atoms. The number of nitro benzene ring substituents is 1. The number of hydrazone groups is 1. The highest BCUT2D eigenvalue weighted by molar-refractivity contribution is 14.1. The van der Waals surface area contributed by atoms with Crippen molar-refractivity contribution in [1.29, 1.82) is 0 Å². The van der Waals surface area contributed by atoms with Crippen LogP contribution in [0.1, 0.15) is 15.9 Å². The Bertz CT molecular complexity index is 1330. The molecule has 0 atom stereocenters. The molecule has 170 valence electrons. The normalized spacial score (nSPS) is 11.2. The number of nitrogens with zero attached hydrogens (tertiary/aromatic N) is 2. The highest BCUT2D eigenvalue weighted by Crippen LogP contribution is 2.30. The minimum Gasteiger partial charge on any atom is -0.493 e. The predicted molar refractivity (Wildman–Crippen MR) is 128 cm³/mol. The van der Waals surface area contributed by atoms with Gasteiger partial charge in [-0.05, 0) is 76.7 Å². The highest BCUT2D eigenvalue weighted by Gasteiger charge is 2.20. The Labute approximate surface area is 202 Å². The fraction of sp³-hybridized carbons (Fsp3) is 0.0476. The number of rotatable bonds is 8. The van der Waals surface area contributed by atoms with Crippen LogP contribution in [0.25, 0.3) is 0 Å². The van der Waals surface area contributed by atoms with E-state index < -0.39 is 15.0 Å². The predicted octanol–water partition coefficient (Wildman–Crippen LogP) is 3.74. The zero-order chi connectivity index (χ0) is 24.0. The Morgan fingerprint density at radius 1 is 1.09 bits per heavy atom. The summed E-state index contributed by atoms with van der Waals surface area (Å²) in [6, 6.07) is 15.6. The van der Waals surface area contributed by atoms with Crippen LogP contribution in [-0.2, 0) is 10.1 Å². The molecule has 33 heavy (non-hydrogen) atoms. The highest BCUT2D eigenvalue weighted by atomic mass is 127. The maximum absolute atomic E-state index is 12.5. The molecule has 3 aromatic carbocycles. The van der Waals surface area contributed by atoms with E-state index in [9.17, 15) is 23.3 Å². The fourth-order valence-corrected chi connectivity index (χ4v) is 4.08. The van der Waals surface area contributed by atoms with Gasteiger partial charge in [-0.2, -0.15) is 13.5 Å². The van der Waals surface area contributed by atoms with Crippen LogP contribution in [0.15, 0.2) is 76.7 Å². The zero-order valence-electron chi connectivity index (χ0n) is 17.0. The average molecular weight is 581 g/mol. The molecule has 0 aliphatic rings. The monoisotopic (exact) mass is 581 g/mol. The van der Waals surface area contributed by atoms with Crippen LogP contribution < -0.4 is 14.3 Å².